The molecule has 0 aromatic carbocycles. The van der Waals surface area contributed by atoms with E-state index < -0.39 is 36.3 Å². The van der Waals surface area contributed by atoms with Crippen LogP contribution in [0, 0.1) is 5.92 Å². The molecule has 20 heavy (non-hydrogen) atoms. The van der Waals surface area contributed by atoms with Gasteiger partial charge in [-0.15, -0.1) is 0 Å². The van der Waals surface area contributed by atoms with E-state index >= 15 is 0 Å². The molecule has 0 rings (SSSR count). The number of halogens is 2. The third-order valence-electron chi connectivity index (χ3n) is 2.69. The standard InChI is InChI=1S/C10H20F2O6SSi/c1-8(6-20(3,4)17-2)5-9(13)18-7-10(11,12)19(14,15)16/h8H,5-7H2,1-4H3,(H,14,15,16). The lowest BCUT2D eigenvalue weighted by atomic mass is 10.1. The lowest BCUT2D eigenvalue weighted by Gasteiger charge is -2.23. The normalized spacial score (nSPS) is 14.9. The van der Waals surface area contributed by atoms with Crippen LogP contribution in [0.25, 0.3) is 0 Å². The SMILES string of the molecule is CO[Si](C)(C)CC(C)CC(=O)OCC(F)(F)S(=O)(=O)O. The molecule has 0 heterocycles. The van der Waals surface area contributed by atoms with Crippen LogP contribution in [0.2, 0.25) is 19.1 Å². The van der Waals surface area contributed by atoms with E-state index in [-0.39, 0.29) is 12.3 Å². The second kappa shape index (κ2) is 6.92. The molecule has 0 radical (unpaired) electrons. The van der Waals surface area contributed by atoms with E-state index in [1.807, 2.05) is 13.1 Å². The monoisotopic (exact) mass is 334 g/mol. The Bertz CT molecular complexity index is 437. The molecule has 120 valence electrons. The van der Waals surface area contributed by atoms with Crippen LogP contribution in [-0.4, -0.2) is 46.2 Å². The summed E-state index contributed by atoms with van der Waals surface area (Å²) in [7, 11) is -5.90. The molecule has 1 N–H and O–H groups in total. The van der Waals surface area contributed by atoms with Crippen molar-refractivity contribution in [3.63, 3.8) is 0 Å². The van der Waals surface area contributed by atoms with E-state index in [0.29, 0.717) is 6.04 Å². The van der Waals surface area contributed by atoms with E-state index in [9.17, 15) is 22.0 Å². The van der Waals surface area contributed by atoms with Crippen molar-refractivity contribution in [1.82, 2.24) is 0 Å². The maximum Gasteiger partial charge on any atom is 0.402 e. The van der Waals surface area contributed by atoms with Gasteiger partial charge in [-0.1, -0.05) is 6.92 Å². The van der Waals surface area contributed by atoms with Gasteiger partial charge in [0.15, 0.2) is 14.9 Å². The zero-order valence-electron chi connectivity index (χ0n) is 11.9. The number of alkyl halides is 2. The van der Waals surface area contributed by atoms with E-state index in [0.717, 1.165) is 0 Å². The van der Waals surface area contributed by atoms with Gasteiger partial charge in [0, 0.05) is 13.5 Å². The van der Waals surface area contributed by atoms with Crippen LogP contribution in [0.4, 0.5) is 8.78 Å². The van der Waals surface area contributed by atoms with E-state index in [1.54, 1.807) is 14.0 Å². The van der Waals surface area contributed by atoms with Crippen LogP contribution in [-0.2, 0) is 24.1 Å². The molecule has 0 aromatic rings. The molecule has 0 aliphatic rings. The van der Waals surface area contributed by atoms with Gasteiger partial charge in [0.1, 0.15) is 0 Å². The highest BCUT2D eigenvalue weighted by molar-refractivity contribution is 7.86. The molecule has 0 aliphatic heterocycles. The van der Waals surface area contributed by atoms with E-state index in [1.165, 1.54) is 0 Å². The molecule has 1 atom stereocenters. The average Bonchev–Trinajstić information content (AvgIpc) is 2.24. The highest BCUT2D eigenvalue weighted by Crippen LogP contribution is 2.23. The van der Waals surface area contributed by atoms with Gasteiger partial charge in [0.25, 0.3) is 0 Å². The minimum absolute atomic E-state index is 0.124. The third kappa shape index (κ3) is 6.73. The second-order valence-corrected chi connectivity index (χ2v) is 11.1. The summed E-state index contributed by atoms with van der Waals surface area (Å²) in [6.45, 7) is 3.95. The van der Waals surface area contributed by atoms with Crippen LogP contribution < -0.4 is 0 Å². The fourth-order valence-corrected chi connectivity index (χ4v) is 3.77. The van der Waals surface area contributed by atoms with Gasteiger partial charge >= 0.3 is 21.3 Å². The van der Waals surface area contributed by atoms with Crippen LogP contribution >= 0.6 is 0 Å². The van der Waals surface area contributed by atoms with Crippen molar-refractivity contribution in [2.24, 2.45) is 5.92 Å². The molecular weight excluding hydrogens is 314 g/mol. The number of carbonyl (C=O) groups is 1. The molecular formula is C10H20F2O6SSi. The first-order chi connectivity index (χ1) is 8.81. The van der Waals surface area contributed by atoms with Crippen molar-refractivity contribution in [1.29, 1.82) is 0 Å². The van der Waals surface area contributed by atoms with E-state index in [4.69, 9.17) is 8.98 Å². The van der Waals surface area contributed by atoms with Gasteiger partial charge in [0.05, 0.1) is 0 Å². The van der Waals surface area contributed by atoms with Crippen molar-refractivity contribution in [3.05, 3.63) is 0 Å². The molecule has 0 fully saturated rings. The average molecular weight is 334 g/mol. The smallest absolute Gasteiger partial charge is 0.402 e. The number of hydrogen-bond donors (Lipinski definition) is 1. The van der Waals surface area contributed by atoms with Gasteiger partial charge in [-0.3, -0.25) is 9.35 Å². The zero-order chi connectivity index (χ0) is 16.2. The number of ether oxygens (including phenoxy) is 1. The maximum absolute atomic E-state index is 12.8. The number of rotatable bonds is 8. The summed E-state index contributed by atoms with van der Waals surface area (Å²) >= 11 is 0. The molecule has 6 nitrogen and oxygen atoms in total. The highest BCUT2D eigenvalue weighted by atomic mass is 32.2. The third-order valence-corrected chi connectivity index (χ3v) is 6.34. The second-order valence-electron chi connectivity index (χ2n) is 5.25. The van der Waals surface area contributed by atoms with Gasteiger partial charge < -0.3 is 9.16 Å². The Balaban J connectivity index is 4.32. The van der Waals surface area contributed by atoms with Crippen molar-refractivity contribution in [2.75, 3.05) is 13.7 Å². The summed E-state index contributed by atoms with van der Waals surface area (Å²) in [6, 6.07) is 0.632. The summed E-state index contributed by atoms with van der Waals surface area (Å²) in [5, 5.41) is -4.49. The van der Waals surface area contributed by atoms with Crippen molar-refractivity contribution >= 4 is 24.4 Å². The first-order valence-electron chi connectivity index (χ1n) is 5.86. The molecule has 0 aliphatic carbocycles. The Hall–Kier alpha value is -0.583. The molecule has 0 amide bonds. The Labute approximate surface area is 118 Å². The van der Waals surface area contributed by atoms with Crippen LogP contribution in [0.15, 0.2) is 0 Å². The minimum Gasteiger partial charge on any atom is -0.458 e. The number of carbonyl (C=O) groups excluding carboxylic acids is 1. The summed E-state index contributed by atoms with van der Waals surface area (Å²) in [4.78, 5) is 11.3. The quantitative estimate of drug-likeness (QED) is 0.414. The highest BCUT2D eigenvalue weighted by Gasteiger charge is 2.45. The first kappa shape index (κ1) is 19.4. The molecule has 1 unspecified atom stereocenters. The fraction of sp³-hybridized carbons (Fsp3) is 0.900. The predicted molar refractivity (Wildman–Crippen MR) is 70.5 cm³/mol. The summed E-state index contributed by atoms with van der Waals surface area (Å²) in [5.41, 5.74) is 0. The lowest BCUT2D eigenvalue weighted by Crippen LogP contribution is -2.35. The van der Waals surface area contributed by atoms with Crippen molar-refractivity contribution < 1.29 is 35.7 Å². The van der Waals surface area contributed by atoms with Crippen LogP contribution in [0.5, 0.6) is 0 Å². The Morgan fingerprint density at radius 1 is 1.40 bits per heavy atom. The van der Waals surface area contributed by atoms with Crippen molar-refractivity contribution in [3.8, 4) is 0 Å². The summed E-state index contributed by atoms with van der Waals surface area (Å²) in [6.07, 6.45) is -0.124. The topological polar surface area (TPSA) is 89.9 Å². The maximum atomic E-state index is 12.8. The Kier molecular flexibility index (Phi) is 6.72. The van der Waals surface area contributed by atoms with Gasteiger partial charge in [-0.25, -0.2) is 0 Å². The Morgan fingerprint density at radius 3 is 2.30 bits per heavy atom. The molecule has 0 aromatic heterocycles. The minimum atomic E-state index is -5.58. The first-order valence-corrected chi connectivity index (χ1v) is 10.4. The molecule has 0 spiro atoms. The van der Waals surface area contributed by atoms with Gasteiger partial charge in [0.2, 0.25) is 0 Å². The van der Waals surface area contributed by atoms with E-state index in [2.05, 4.69) is 4.74 Å². The van der Waals surface area contributed by atoms with Crippen LogP contribution in [0.1, 0.15) is 13.3 Å². The molecule has 0 bridgehead atoms. The largest absolute Gasteiger partial charge is 0.458 e. The predicted octanol–water partition coefficient (Wildman–Crippen LogP) is 1.89. The molecule has 0 saturated heterocycles. The fourth-order valence-electron chi connectivity index (χ4n) is 1.58. The van der Waals surface area contributed by atoms with Gasteiger partial charge in [-0.05, 0) is 25.1 Å². The zero-order valence-corrected chi connectivity index (χ0v) is 13.7. The van der Waals surface area contributed by atoms with Crippen molar-refractivity contribution in [2.45, 2.75) is 37.7 Å². The summed E-state index contributed by atoms with van der Waals surface area (Å²) < 4.78 is 64.0. The number of esters is 1. The van der Waals surface area contributed by atoms with Crippen LogP contribution in [0.3, 0.4) is 0 Å². The molecule has 0 saturated carbocycles. The van der Waals surface area contributed by atoms with Gasteiger partial charge in [-0.2, -0.15) is 17.2 Å². The molecule has 10 heteroatoms. The number of hydrogen-bond acceptors (Lipinski definition) is 5. The lowest BCUT2D eigenvalue weighted by molar-refractivity contribution is -0.150. The summed E-state index contributed by atoms with van der Waals surface area (Å²) in [5.74, 6) is -1.08. The Morgan fingerprint density at radius 2 is 1.90 bits per heavy atom.